The quantitative estimate of drug-likeness (QED) is 0.326. The van der Waals surface area contributed by atoms with E-state index in [1.807, 2.05) is 12.1 Å². The average Bonchev–Trinajstić information content (AvgIpc) is 3.22. The van der Waals surface area contributed by atoms with Gasteiger partial charge in [0.2, 0.25) is 0 Å². The van der Waals surface area contributed by atoms with Crippen molar-refractivity contribution in [1.29, 1.82) is 0 Å². The molecule has 4 nitrogen and oxygen atoms in total. The smallest absolute Gasteiger partial charge is 0.251 e. The van der Waals surface area contributed by atoms with Crippen molar-refractivity contribution in [3.8, 4) is 11.1 Å². The number of amides is 1. The molecule has 1 aliphatic carbocycles. The van der Waals surface area contributed by atoms with Crippen LogP contribution in [0.3, 0.4) is 0 Å². The van der Waals surface area contributed by atoms with Crippen LogP contribution in [0.1, 0.15) is 52.4 Å². The topological polar surface area (TPSA) is 49.6 Å². The number of anilines is 2. The highest BCUT2D eigenvalue weighted by molar-refractivity contribution is 6.31. The number of nitrogens with zero attached hydrogens (tertiary/aromatic N) is 2. The molecule has 1 saturated heterocycles. The lowest BCUT2D eigenvalue weighted by atomic mass is 9.91. The number of carbonyl (C=O) groups is 1. The molecule has 0 atom stereocenters. The lowest BCUT2D eigenvalue weighted by Gasteiger charge is -2.40. The van der Waals surface area contributed by atoms with Crippen molar-refractivity contribution in [2.24, 2.45) is 5.73 Å². The Morgan fingerprint density at radius 2 is 1.71 bits per heavy atom. The number of hydrogen-bond donors (Lipinski definition) is 1. The molecule has 0 aromatic heterocycles. The zero-order chi connectivity index (χ0) is 23.8. The van der Waals surface area contributed by atoms with Gasteiger partial charge in [-0.05, 0) is 71.3 Å². The fourth-order valence-corrected chi connectivity index (χ4v) is 5.78. The van der Waals surface area contributed by atoms with Crippen LogP contribution in [0.4, 0.5) is 11.4 Å². The molecule has 1 heterocycles. The third kappa shape index (κ3) is 4.62. The third-order valence-electron chi connectivity index (χ3n) is 7.38. The highest BCUT2D eigenvalue weighted by Gasteiger charge is 2.31. The highest BCUT2D eigenvalue weighted by Crippen LogP contribution is 2.45. The van der Waals surface area contributed by atoms with E-state index in [4.69, 9.17) is 17.3 Å². The SMILES string of the molecule is CCCCc1cc2c(c(N3CCN(c4cccc(Cl)c4C)CC3)c1C(N)=O)Cc1ccccc1-2.Cl. The van der Waals surface area contributed by atoms with Gasteiger partial charge in [-0.1, -0.05) is 55.3 Å². The summed E-state index contributed by atoms with van der Waals surface area (Å²) in [6.07, 6.45) is 3.85. The molecule has 0 radical (unpaired) electrons. The molecule has 3 aromatic rings. The van der Waals surface area contributed by atoms with Crippen LogP contribution in [-0.4, -0.2) is 32.1 Å². The minimum atomic E-state index is -0.312. The summed E-state index contributed by atoms with van der Waals surface area (Å²) in [5.74, 6) is -0.312. The Bertz CT molecular complexity index is 1250. The first-order chi connectivity index (χ1) is 16.5. The molecular formula is C29H33Cl2N3O. The average molecular weight is 511 g/mol. The van der Waals surface area contributed by atoms with Gasteiger partial charge in [-0.15, -0.1) is 12.4 Å². The van der Waals surface area contributed by atoms with Gasteiger partial charge in [0.1, 0.15) is 0 Å². The molecule has 184 valence electrons. The van der Waals surface area contributed by atoms with E-state index in [-0.39, 0.29) is 18.3 Å². The van der Waals surface area contributed by atoms with E-state index in [0.717, 1.165) is 79.3 Å². The third-order valence-corrected chi connectivity index (χ3v) is 7.79. The van der Waals surface area contributed by atoms with Gasteiger partial charge in [-0.25, -0.2) is 0 Å². The van der Waals surface area contributed by atoms with Gasteiger partial charge in [-0.2, -0.15) is 0 Å². The van der Waals surface area contributed by atoms with Crippen molar-refractivity contribution in [3.63, 3.8) is 0 Å². The molecule has 5 rings (SSSR count). The lowest BCUT2D eigenvalue weighted by molar-refractivity contribution is 0.0999. The highest BCUT2D eigenvalue weighted by atomic mass is 35.5. The fourth-order valence-electron chi connectivity index (χ4n) is 5.61. The van der Waals surface area contributed by atoms with E-state index < -0.39 is 0 Å². The molecule has 0 saturated carbocycles. The van der Waals surface area contributed by atoms with Crippen LogP contribution in [0.2, 0.25) is 5.02 Å². The molecule has 0 spiro atoms. The van der Waals surface area contributed by atoms with Crippen LogP contribution in [0.15, 0.2) is 48.5 Å². The van der Waals surface area contributed by atoms with Crippen LogP contribution >= 0.6 is 24.0 Å². The largest absolute Gasteiger partial charge is 0.368 e. The summed E-state index contributed by atoms with van der Waals surface area (Å²) in [7, 11) is 0. The predicted molar refractivity (Wildman–Crippen MR) is 150 cm³/mol. The maximum absolute atomic E-state index is 12.9. The van der Waals surface area contributed by atoms with Crippen LogP contribution in [0.5, 0.6) is 0 Å². The van der Waals surface area contributed by atoms with E-state index in [0.29, 0.717) is 0 Å². The molecule has 2 N–H and O–H groups in total. The van der Waals surface area contributed by atoms with Gasteiger partial charge in [0.15, 0.2) is 0 Å². The van der Waals surface area contributed by atoms with E-state index in [2.05, 4.69) is 60.0 Å². The predicted octanol–water partition coefficient (Wildman–Crippen LogP) is 6.41. The molecule has 1 aliphatic heterocycles. The summed E-state index contributed by atoms with van der Waals surface area (Å²) in [5.41, 5.74) is 16.4. The summed E-state index contributed by atoms with van der Waals surface area (Å²) in [4.78, 5) is 17.7. The minimum Gasteiger partial charge on any atom is -0.368 e. The monoisotopic (exact) mass is 509 g/mol. The van der Waals surface area contributed by atoms with Crippen molar-refractivity contribution in [1.82, 2.24) is 0 Å². The normalized spacial score (nSPS) is 14.4. The van der Waals surface area contributed by atoms with Gasteiger partial charge < -0.3 is 15.5 Å². The standard InChI is InChI=1S/C29H32ClN3O.ClH/c1-3-4-8-21-18-23-22-10-6-5-9-20(22)17-24(23)28(27(21)29(31)34)33-15-13-32(14-16-33)26-12-7-11-25(30)19(26)2;/h5-7,9-12,18H,3-4,8,13-17H2,1-2H3,(H2,31,34);1H. The summed E-state index contributed by atoms with van der Waals surface area (Å²) in [5, 5.41) is 0.801. The van der Waals surface area contributed by atoms with Gasteiger partial charge in [0.25, 0.3) is 5.91 Å². The second kappa shape index (κ2) is 10.5. The molecule has 1 fully saturated rings. The van der Waals surface area contributed by atoms with E-state index in [9.17, 15) is 4.79 Å². The Hall–Kier alpha value is -2.69. The summed E-state index contributed by atoms with van der Waals surface area (Å²) < 4.78 is 0. The zero-order valence-corrected chi connectivity index (χ0v) is 22.0. The van der Waals surface area contributed by atoms with Gasteiger partial charge in [0, 0.05) is 43.3 Å². The maximum Gasteiger partial charge on any atom is 0.251 e. The second-order valence-electron chi connectivity index (χ2n) is 9.45. The Labute approximate surface area is 219 Å². The Morgan fingerprint density at radius 3 is 2.43 bits per heavy atom. The Balaban J connectivity index is 0.00000289. The molecule has 35 heavy (non-hydrogen) atoms. The van der Waals surface area contributed by atoms with Crippen LogP contribution in [-0.2, 0) is 12.8 Å². The number of nitrogens with two attached hydrogens (primary N) is 1. The number of carbonyl (C=O) groups excluding carboxylic acids is 1. The number of halogens is 2. The maximum atomic E-state index is 12.9. The van der Waals surface area contributed by atoms with Crippen molar-refractivity contribution in [2.75, 3.05) is 36.0 Å². The number of piperazine rings is 1. The number of benzene rings is 3. The molecule has 6 heteroatoms. The summed E-state index contributed by atoms with van der Waals surface area (Å²) >= 11 is 6.39. The zero-order valence-electron chi connectivity index (χ0n) is 20.4. The van der Waals surface area contributed by atoms with Gasteiger partial charge in [0.05, 0.1) is 11.3 Å². The van der Waals surface area contributed by atoms with Crippen LogP contribution in [0, 0.1) is 6.92 Å². The molecule has 3 aromatic carbocycles. The van der Waals surface area contributed by atoms with Crippen molar-refractivity contribution >= 4 is 41.3 Å². The summed E-state index contributed by atoms with van der Waals surface area (Å²) in [6, 6.07) is 17.0. The molecule has 0 unspecified atom stereocenters. The fraction of sp³-hybridized carbons (Fsp3) is 0.345. The minimum absolute atomic E-state index is 0. The molecule has 2 aliphatic rings. The first kappa shape index (κ1) is 25.4. The second-order valence-corrected chi connectivity index (χ2v) is 9.85. The molecular weight excluding hydrogens is 477 g/mol. The Morgan fingerprint density at radius 1 is 1.00 bits per heavy atom. The van der Waals surface area contributed by atoms with E-state index in [1.54, 1.807) is 0 Å². The first-order valence-electron chi connectivity index (χ1n) is 12.3. The molecule has 0 bridgehead atoms. The lowest BCUT2D eigenvalue weighted by Crippen LogP contribution is -2.47. The number of fused-ring (bicyclic) bond motifs is 3. The molecule has 1 amide bonds. The van der Waals surface area contributed by atoms with Gasteiger partial charge in [-0.3, -0.25) is 4.79 Å². The number of primary amides is 1. The van der Waals surface area contributed by atoms with Crippen LogP contribution in [0.25, 0.3) is 11.1 Å². The van der Waals surface area contributed by atoms with Crippen LogP contribution < -0.4 is 15.5 Å². The van der Waals surface area contributed by atoms with Crippen molar-refractivity contribution < 1.29 is 4.79 Å². The van der Waals surface area contributed by atoms with Crippen molar-refractivity contribution in [3.05, 3.63) is 81.4 Å². The Kier molecular flexibility index (Phi) is 7.63. The number of unbranched alkanes of at least 4 members (excludes halogenated alkanes) is 1. The summed E-state index contributed by atoms with van der Waals surface area (Å²) in [6.45, 7) is 7.69. The first-order valence-corrected chi connectivity index (χ1v) is 12.7. The van der Waals surface area contributed by atoms with Crippen molar-refractivity contribution in [2.45, 2.75) is 39.5 Å². The van der Waals surface area contributed by atoms with Gasteiger partial charge >= 0.3 is 0 Å². The van der Waals surface area contributed by atoms with E-state index >= 15 is 0 Å². The number of hydrogen-bond acceptors (Lipinski definition) is 3. The number of rotatable bonds is 6. The number of aryl methyl sites for hydroxylation is 1. The van der Waals surface area contributed by atoms with E-state index in [1.165, 1.54) is 27.9 Å².